The molecular weight excluding hydrogens is 310 g/mol. The molecule has 126 valence electrons. The maximum Gasteiger partial charge on any atom is 0.269 e. The minimum absolute atomic E-state index is 0.00427. The van der Waals surface area contributed by atoms with E-state index in [1.165, 1.54) is 24.3 Å². The lowest BCUT2D eigenvalue weighted by Crippen LogP contribution is -1.98. The van der Waals surface area contributed by atoms with E-state index in [1.807, 2.05) is 19.9 Å². The zero-order chi connectivity index (χ0) is 17.7. The standard InChI is InChI=1S/C17H19N3O4/c1-11(2)15-9-17(24-3)16(8-12(15)10-21)19-18-13-4-6-14(7-5-13)20(22)23/h4-9,11,21H,10H2,1-3H3. The molecule has 24 heavy (non-hydrogen) atoms. The van der Waals surface area contributed by atoms with Crippen molar-refractivity contribution in [1.82, 2.24) is 0 Å². The lowest BCUT2D eigenvalue weighted by atomic mass is 9.96. The molecule has 7 nitrogen and oxygen atoms in total. The van der Waals surface area contributed by atoms with E-state index < -0.39 is 4.92 Å². The maximum absolute atomic E-state index is 10.6. The monoisotopic (exact) mass is 329 g/mol. The van der Waals surface area contributed by atoms with Crippen molar-refractivity contribution < 1.29 is 14.8 Å². The number of azo groups is 1. The van der Waals surface area contributed by atoms with Crippen molar-refractivity contribution in [1.29, 1.82) is 0 Å². The predicted molar refractivity (Wildman–Crippen MR) is 90.3 cm³/mol. The van der Waals surface area contributed by atoms with Crippen LogP contribution >= 0.6 is 0 Å². The number of hydrogen-bond donors (Lipinski definition) is 1. The Bertz CT molecular complexity index is 755. The van der Waals surface area contributed by atoms with E-state index in [9.17, 15) is 15.2 Å². The zero-order valence-corrected chi connectivity index (χ0v) is 13.8. The summed E-state index contributed by atoms with van der Waals surface area (Å²) in [5.74, 6) is 0.795. The first-order chi connectivity index (χ1) is 11.5. The summed E-state index contributed by atoms with van der Waals surface area (Å²) < 4.78 is 5.35. The van der Waals surface area contributed by atoms with E-state index >= 15 is 0 Å². The summed E-state index contributed by atoms with van der Waals surface area (Å²) in [6.07, 6.45) is 0. The fraction of sp³-hybridized carbons (Fsp3) is 0.294. The first kappa shape index (κ1) is 17.6. The Morgan fingerprint density at radius 2 is 1.88 bits per heavy atom. The Balaban J connectivity index is 2.35. The summed E-state index contributed by atoms with van der Waals surface area (Å²) in [5.41, 5.74) is 2.73. The van der Waals surface area contributed by atoms with E-state index in [-0.39, 0.29) is 18.2 Å². The Kier molecular flexibility index (Phi) is 5.59. The van der Waals surface area contributed by atoms with Gasteiger partial charge in [0.25, 0.3) is 5.69 Å². The normalized spacial score (nSPS) is 11.2. The highest BCUT2D eigenvalue weighted by Crippen LogP contribution is 2.35. The number of aliphatic hydroxyl groups is 1. The molecule has 0 amide bonds. The number of nitro benzene ring substituents is 1. The summed E-state index contributed by atoms with van der Waals surface area (Å²) in [4.78, 5) is 10.2. The van der Waals surface area contributed by atoms with Crippen molar-refractivity contribution in [3.8, 4) is 5.75 Å². The molecule has 0 aliphatic heterocycles. The van der Waals surface area contributed by atoms with Gasteiger partial charge in [0.15, 0.2) is 0 Å². The molecule has 0 radical (unpaired) electrons. The molecule has 0 bridgehead atoms. The van der Waals surface area contributed by atoms with Crippen LogP contribution in [0.1, 0.15) is 30.9 Å². The van der Waals surface area contributed by atoms with Crippen molar-refractivity contribution >= 4 is 17.1 Å². The van der Waals surface area contributed by atoms with Gasteiger partial charge in [-0.25, -0.2) is 0 Å². The van der Waals surface area contributed by atoms with Gasteiger partial charge in [0.2, 0.25) is 0 Å². The van der Waals surface area contributed by atoms with Crippen LogP contribution < -0.4 is 4.74 Å². The van der Waals surface area contributed by atoms with Crippen molar-refractivity contribution in [2.75, 3.05) is 7.11 Å². The zero-order valence-electron chi connectivity index (χ0n) is 13.8. The molecule has 0 unspecified atom stereocenters. The molecule has 0 atom stereocenters. The van der Waals surface area contributed by atoms with Gasteiger partial charge in [-0.3, -0.25) is 10.1 Å². The number of aliphatic hydroxyl groups excluding tert-OH is 1. The number of ether oxygens (including phenoxy) is 1. The second kappa shape index (κ2) is 7.65. The molecule has 0 saturated heterocycles. The van der Waals surface area contributed by atoms with E-state index in [0.717, 1.165) is 11.1 Å². The van der Waals surface area contributed by atoms with Crippen molar-refractivity contribution in [3.63, 3.8) is 0 Å². The van der Waals surface area contributed by atoms with Gasteiger partial charge in [-0.2, -0.15) is 5.11 Å². The molecule has 2 aromatic carbocycles. The van der Waals surface area contributed by atoms with Gasteiger partial charge in [0, 0.05) is 12.1 Å². The van der Waals surface area contributed by atoms with Crippen molar-refractivity contribution in [3.05, 3.63) is 57.6 Å². The minimum Gasteiger partial charge on any atom is -0.494 e. The number of nitrogens with zero attached hydrogens (tertiary/aromatic N) is 3. The Morgan fingerprint density at radius 3 is 2.38 bits per heavy atom. The van der Waals surface area contributed by atoms with Crippen LogP contribution in [0.3, 0.4) is 0 Å². The third kappa shape index (κ3) is 3.94. The van der Waals surface area contributed by atoms with Gasteiger partial charge in [-0.1, -0.05) is 13.8 Å². The second-order valence-corrected chi connectivity index (χ2v) is 5.51. The van der Waals surface area contributed by atoms with Crippen LogP contribution in [0.15, 0.2) is 46.6 Å². The third-order valence-electron chi connectivity index (χ3n) is 3.57. The number of benzene rings is 2. The van der Waals surface area contributed by atoms with Gasteiger partial charge in [0.1, 0.15) is 11.4 Å². The average Bonchev–Trinajstić information content (AvgIpc) is 2.59. The summed E-state index contributed by atoms with van der Waals surface area (Å²) >= 11 is 0. The highest BCUT2D eigenvalue weighted by molar-refractivity contribution is 5.57. The molecule has 0 aliphatic rings. The van der Waals surface area contributed by atoms with E-state index in [4.69, 9.17) is 4.74 Å². The van der Waals surface area contributed by atoms with Crippen LogP contribution in [-0.4, -0.2) is 17.1 Å². The number of rotatable bonds is 6. The van der Waals surface area contributed by atoms with Gasteiger partial charge in [-0.15, -0.1) is 5.11 Å². The first-order valence-corrected chi connectivity index (χ1v) is 7.44. The van der Waals surface area contributed by atoms with E-state index in [1.54, 1.807) is 13.2 Å². The minimum atomic E-state index is -0.470. The summed E-state index contributed by atoms with van der Waals surface area (Å²) in [6, 6.07) is 9.36. The van der Waals surface area contributed by atoms with Gasteiger partial charge >= 0.3 is 0 Å². The van der Waals surface area contributed by atoms with E-state index in [0.29, 0.717) is 17.1 Å². The molecule has 0 fully saturated rings. The van der Waals surface area contributed by atoms with Gasteiger partial charge in [-0.05, 0) is 41.3 Å². The molecule has 7 heteroatoms. The largest absolute Gasteiger partial charge is 0.494 e. The van der Waals surface area contributed by atoms with Crippen LogP contribution in [0.4, 0.5) is 17.1 Å². The summed E-state index contributed by atoms with van der Waals surface area (Å²) in [7, 11) is 1.54. The molecular formula is C17H19N3O4. The van der Waals surface area contributed by atoms with E-state index in [2.05, 4.69) is 10.2 Å². The molecule has 2 rings (SSSR count). The van der Waals surface area contributed by atoms with Crippen molar-refractivity contribution in [2.24, 2.45) is 10.2 Å². The fourth-order valence-corrected chi connectivity index (χ4v) is 2.30. The van der Waals surface area contributed by atoms with Crippen molar-refractivity contribution in [2.45, 2.75) is 26.4 Å². The highest BCUT2D eigenvalue weighted by atomic mass is 16.6. The van der Waals surface area contributed by atoms with Crippen LogP contribution in [0, 0.1) is 10.1 Å². The topological polar surface area (TPSA) is 97.3 Å². The smallest absolute Gasteiger partial charge is 0.269 e. The highest BCUT2D eigenvalue weighted by Gasteiger charge is 2.12. The van der Waals surface area contributed by atoms with Crippen LogP contribution in [0.2, 0.25) is 0 Å². The summed E-state index contributed by atoms with van der Waals surface area (Å²) in [5, 5.41) is 28.4. The Hall–Kier alpha value is -2.80. The summed E-state index contributed by atoms with van der Waals surface area (Å²) in [6.45, 7) is 3.97. The predicted octanol–water partition coefficient (Wildman–Crippen LogP) is 4.63. The molecule has 0 heterocycles. The maximum atomic E-state index is 10.6. The molecule has 0 aliphatic carbocycles. The SMILES string of the molecule is COc1cc(C(C)C)c(CO)cc1N=Nc1ccc([N+](=O)[O-])cc1. The molecule has 0 spiro atoms. The Labute approximate surface area is 139 Å². The average molecular weight is 329 g/mol. The number of hydrogen-bond acceptors (Lipinski definition) is 6. The first-order valence-electron chi connectivity index (χ1n) is 7.44. The second-order valence-electron chi connectivity index (χ2n) is 5.51. The van der Waals surface area contributed by atoms with Crippen LogP contribution in [0.25, 0.3) is 0 Å². The molecule has 1 N–H and O–H groups in total. The lowest BCUT2D eigenvalue weighted by Gasteiger charge is -2.14. The number of nitro groups is 1. The lowest BCUT2D eigenvalue weighted by molar-refractivity contribution is -0.384. The number of methoxy groups -OCH3 is 1. The Morgan fingerprint density at radius 1 is 1.21 bits per heavy atom. The number of non-ortho nitro benzene ring substituents is 1. The third-order valence-corrected chi connectivity index (χ3v) is 3.57. The van der Waals surface area contributed by atoms with Gasteiger partial charge in [0.05, 0.1) is 24.3 Å². The van der Waals surface area contributed by atoms with Crippen LogP contribution in [-0.2, 0) is 6.61 Å². The molecule has 2 aromatic rings. The fourth-order valence-electron chi connectivity index (χ4n) is 2.30. The quantitative estimate of drug-likeness (QED) is 0.474. The molecule has 0 aromatic heterocycles. The van der Waals surface area contributed by atoms with Crippen LogP contribution in [0.5, 0.6) is 5.75 Å². The van der Waals surface area contributed by atoms with Gasteiger partial charge < -0.3 is 9.84 Å². The molecule has 0 saturated carbocycles.